The lowest BCUT2D eigenvalue weighted by Crippen LogP contribution is -2.01. The van der Waals surface area contributed by atoms with Crippen molar-refractivity contribution in [2.75, 3.05) is 14.1 Å². The van der Waals surface area contributed by atoms with Crippen LogP contribution in [0.3, 0.4) is 0 Å². The number of nitriles is 1. The summed E-state index contributed by atoms with van der Waals surface area (Å²) < 4.78 is 0. The topological polar surface area (TPSA) is 27.0 Å². The van der Waals surface area contributed by atoms with E-state index in [4.69, 9.17) is 5.26 Å². The summed E-state index contributed by atoms with van der Waals surface area (Å²) in [5.74, 6) is 0. The van der Waals surface area contributed by atoms with Crippen LogP contribution >= 0.6 is 11.3 Å². The maximum Gasteiger partial charge on any atom is 0.101 e. The lowest BCUT2D eigenvalue weighted by Gasteiger charge is -2.04. The average Bonchev–Trinajstić information content (AvgIpc) is 2.51. The Kier molecular flexibility index (Phi) is 2.89. The van der Waals surface area contributed by atoms with Crippen molar-refractivity contribution in [3.8, 4) is 6.07 Å². The molecule has 0 atom stereocenters. The van der Waals surface area contributed by atoms with Crippen LogP contribution in [0.4, 0.5) is 0 Å². The minimum atomic E-state index is 0.709. The van der Waals surface area contributed by atoms with Gasteiger partial charge < -0.3 is 4.90 Å². The highest BCUT2D eigenvalue weighted by atomic mass is 32.1. The molecule has 0 amide bonds. The molecule has 1 aromatic heterocycles. The largest absolute Gasteiger partial charge is 0.382 e. The zero-order valence-electron chi connectivity index (χ0n) is 7.11. The Balaban J connectivity index is 2.93. The van der Waals surface area contributed by atoms with Crippen molar-refractivity contribution in [1.82, 2.24) is 4.90 Å². The molecule has 3 heteroatoms. The van der Waals surface area contributed by atoms with Gasteiger partial charge in [-0.05, 0) is 16.8 Å². The number of hydrogen-bond acceptors (Lipinski definition) is 3. The van der Waals surface area contributed by atoms with Crippen LogP contribution in [0.5, 0.6) is 0 Å². The number of rotatable bonds is 2. The summed E-state index contributed by atoms with van der Waals surface area (Å²) in [5, 5.41) is 12.7. The molecular weight excluding hydrogens is 168 g/mol. The molecule has 2 nitrogen and oxygen atoms in total. The molecular formula is C9H10N2S. The van der Waals surface area contributed by atoms with Gasteiger partial charge in [-0.2, -0.15) is 16.6 Å². The Morgan fingerprint density at radius 1 is 1.67 bits per heavy atom. The molecule has 0 aromatic carbocycles. The predicted molar refractivity (Wildman–Crippen MR) is 51.6 cm³/mol. The molecule has 0 radical (unpaired) electrons. The van der Waals surface area contributed by atoms with E-state index in [2.05, 4.69) is 6.07 Å². The van der Waals surface area contributed by atoms with Crippen LogP contribution in [0.25, 0.3) is 5.57 Å². The molecule has 0 fully saturated rings. The van der Waals surface area contributed by atoms with E-state index in [-0.39, 0.29) is 0 Å². The fraction of sp³-hybridized carbons (Fsp3) is 0.222. The zero-order chi connectivity index (χ0) is 8.97. The monoisotopic (exact) mass is 178 g/mol. The summed E-state index contributed by atoms with van der Waals surface area (Å²) in [7, 11) is 3.81. The number of hydrogen-bond donors (Lipinski definition) is 0. The summed E-state index contributed by atoms with van der Waals surface area (Å²) in [6.45, 7) is 0. The second kappa shape index (κ2) is 3.93. The first-order valence-corrected chi connectivity index (χ1v) is 4.49. The normalized spacial score (nSPS) is 10.9. The van der Waals surface area contributed by atoms with E-state index < -0.39 is 0 Å². The molecule has 1 heterocycles. The van der Waals surface area contributed by atoms with Crippen molar-refractivity contribution in [1.29, 1.82) is 5.26 Å². The Morgan fingerprint density at radius 3 is 2.83 bits per heavy atom. The van der Waals surface area contributed by atoms with Gasteiger partial charge in [0.1, 0.15) is 6.07 Å². The fourth-order valence-corrected chi connectivity index (χ4v) is 1.50. The van der Waals surface area contributed by atoms with Crippen LogP contribution in [-0.2, 0) is 0 Å². The lowest BCUT2D eigenvalue weighted by atomic mass is 10.2. The molecule has 0 saturated carbocycles. The molecule has 0 aliphatic rings. The van der Waals surface area contributed by atoms with Gasteiger partial charge in [-0.25, -0.2) is 0 Å². The van der Waals surface area contributed by atoms with Gasteiger partial charge in [0.2, 0.25) is 0 Å². The second-order valence-electron chi connectivity index (χ2n) is 2.63. The summed E-state index contributed by atoms with van der Waals surface area (Å²) in [6, 6.07) is 4.11. The second-order valence-corrected chi connectivity index (χ2v) is 3.41. The highest BCUT2D eigenvalue weighted by Crippen LogP contribution is 2.16. The predicted octanol–water partition coefficient (Wildman–Crippen LogP) is 2.17. The Bertz CT molecular complexity index is 304. The number of thiophene rings is 1. The van der Waals surface area contributed by atoms with E-state index in [1.807, 2.05) is 42.0 Å². The number of nitrogens with zero attached hydrogens (tertiary/aromatic N) is 2. The highest BCUT2D eigenvalue weighted by Gasteiger charge is 1.99. The molecule has 0 spiro atoms. The molecule has 0 aliphatic carbocycles. The van der Waals surface area contributed by atoms with E-state index in [1.54, 1.807) is 11.3 Å². The van der Waals surface area contributed by atoms with Crippen molar-refractivity contribution in [2.45, 2.75) is 0 Å². The van der Waals surface area contributed by atoms with Gasteiger partial charge in [0, 0.05) is 25.9 Å². The Hall–Kier alpha value is -1.27. The van der Waals surface area contributed by atoms with Gasteiger partial charge >= 0.3 is 0 Å². The third-order valence-corrected chi connectivity index (χ3v) is 2.02. The molecule has 1 rings (SSSR count). The van der Waals surface area contributed by atoms with Gasteiger partial charge in [-0.15, -0.1) is 0 Å². The standard InChI is InChI=1S/C9H10N2S/c1-11(2)6-9(5-10)8-3-4-12-7-8/h3-4,6-7H,1-2H3/b9-6-. The average molecular weight is 178 g/mol. The van der Waals surface area contributed by atoms with E-state index in [9.17, 15) is 0 Å². The van der Waals surface area contributed by atoms with Crippen molar-refractivity contribution in [3.05, 3.63) is 28.6 Å². The molecule has 0 saturated heterocycles. The summed E-state index contributed by atoms with van der Waals surface area (Å²) in [4.78, 5) is 1.87. The maximum absolute atomic E-state index is 8.81. The van der Waals surface area contributed by atoms with Crippen LogP contribution in [0.15, 0.2) is 23.0 Å². The number of allylic oxidation sites excluding steroid dienone is 1. The van der Waals surface area contributed by atoms with Crippen molar-refractivity contribution in [2.24, 2.45) is 0 Å². The maximum atomic E-state index is 8.81. The van der Waals surface area contributed by atoms with Gasteiger partial charge in [0.25, 0.3) is 0 Å². The van der Waals surface area contributed by atoms with Crippen molar-refractivity contribution >= 4 is 16.9 Å². The van der Waals surface area contributed by atoms with Gasteiger partial charge in [-0.1, -0.05) is 0 Å². The van der Waals surface area contributed by atoms with Gasteiger partial charge in [0.15, 0.2) is 0 Å². The SMILES string of the molecule is CN(C)/C=C(/C#N)c1ccsc1. The van der Waals surface area contributed by atoms with Crippen LogP contribution in [0, 0.1) is 11.3 Å². The quantitative estimate of drug-likeness (QED) is 0.649. The van der Waals surface area contributed by atoms with Gasteiger partial charge in [0.05, 0.1) is 5.57 Å². The van der Waals surface area contributed by atoms with E-state index in [0.29, 0.717) is 5.57 Å². The molecule has 0 bridgehead atoms. The molecule has 62 valence electrons. The first kappa shape index (κ1) is 8.82. The van der Waals surface area contributed by atoms with E-state index in [1.165, 1.54) is 0 Å². The van der Waals surface area contributed by atoms with Crippen molar-refractivity contribution < 1.29 is 0 Å². The first-order chi connectivity index (χ1) is 5.74. The van der Waals surface area contributed by atoms with Crippen LogP contribution in [0.1, 0.15) is 5.56 Å². The molecule has 1 aromatic rings. The first-order valence-electron chi connectivity index (χ1n) is 3.55. The molecule has 0 aliphatic heterocycles. The van der Waals surface area contributed by atoms with Crippen LogP contribution < -0.4 is 0 Å². The third-order valence-electron chi connectivity index (χ3n) is 1.34. The zero-order valence-corrected chi connectivity index (χ0v) is 7.93. The van der Waals surface area contributed by atoms with E-state index in [0.717, 1.165) is 5.56 Å². The van der Waals surface area contributed by atoms with Crippen LogP contribution in [-0.4, -0.2) is 19.0 Å². The lowest BCUT2D eigenvalue weighted by molar-refractivity contribution is 0.566. The third kappa shape index (κ3) is 2.11. The summed E-state index contributed by atoms with van der Waals surface area (Å²) >= 11 is 1.60. The summed E-state index contributed by atoms with van der Waals surface area (Å²) in [5.41, 5.74) is 1.71. The summed E-state index contributed by atoms with van der Waals surface area (Å²) in [6.07, 6.45) is 1.82. The fourth-order valence-electron chi connectivity index (χ4n) is 0.844. The Labute approximate surface area is 76.4 Å². The minimum absolute atomic E-state index is 0.709. The molecule has 0 N–H and O–H groups in total. The van der Waals surface area contributed by atoms with Crippen LogP contribution in [0.2, 0.25) is 0 Å². The van der Waals surface area contributed by atoms with Gasteiger partial charge in [-0.3, -0.25) is 0 Å². The molecule has 12 heavy (non-hydrogen) atoms. The van der Waals surface area contributed by atoms with Crippen molar-refractivity contribution in [3.63, 3.8) is 0 Å². The highest BCUT2D eigenvalue weighted by molar-refractivity contribution is 7.08. The minimum Gasteiger partial charge on any atom is -0.382 e. The molecule has 0 unspecified atom stereocenters. The smallest absolute Gasteiger partial charge is 0.101 e. The Morgan fingerprint density at radius 2 is 2.42 bits per heavy atom. The van der Waals surface area contributed by atoms with E-state index >= 15 is 0 Å².